The number of fused-ring (bicyclic) bond motifs is 3. The third kappa shape index (κ3) is 5.91. The lowest BCUT2D eigenvalue weighted by molar-refractivity contribution is -0.141. The first-order valence-corrected chi connectivity index (χ1v) is 15.5. The number of ether oxygens (including phenoxy) is 4. The van der Waals surface area contributed by atoms with Gasteiger partial charge in [-0.25, -0.2) is 9.78 Å². The van der Waals surface area contributed by atoms with Crippen LogP contribution in [0.25, 0.3) is 5.57 Å². The summed E-state index contributed by atoms with van der Waals surface area (Å²) in [6.45, 7) is 4.42. The minimum absolute atomic E-state index is 0.0111. The number of unbranched alkanes of at least 4 members (excludes halogenated alkanes) is 1. The molecule has 1 amide bonds. The van der Waals surface area contributed by atoms with E-state index in [2.05, 4.69) is 20.9 Å². The van der Waals surface area contributed by atoms with Crippen molar-refractivity contribution in [2.75, 3.05) is 31.9 Å². The molecule has 0 aliphatic carbocycles. The highest BCUT2D eigenvalue weighted by atomic mass is 16.6. The molecule has 5 heterocycles. The van der Waals surface area contributed by atoms with Crippen LogP contribution >= 0.6 is 0 Å². The summed E-state index contributed by atoms with van der Waals surface area (Å²) in [5.74, 6) is 1.22. The number of nitrogens with zero attached hydrogens (tertiary/aromatic N) is 3. The van der Waals surface area contributed by atoms with E-state index >= 15 is 0 Å². The van der Waals surface area contributed by atoms with E-state index in [4.69, 9.17) is 24.7 Å². The lowest BCUT2D eigenvalue weighted by Gasteiger charge is -2.35. The summed E-state index contributed by atoms with van der Waals surface area (Å²) in [4.78, 5) is 31.9. The van der Waals surface area contributed by atoms with E-state index < -0.39 is 36.2 Å². The molecule has 6 rings (SSSR count). The number of hydrogen-bond donors (Lipinski definition) is 6. The first kappa shape index (κ1) is 31.8. The number of esters is 1. The van der Waals surface area contributed by atoms with E-state index in [1.54, 1.807) is 39.3 Å². The number of imidazole rings is 1. The van der Waals surface area contributed by atoms with Crippen molar-refractivity contribution in [2.24, 2.45) is 5.73 Å². The van der Waals surface area contributed by atoms with Gasteiger partial charge in [-0.1, -0.05) is 6.08 Å². The quantitative estimate of drug-likeness (QED) is 0.143. The van der Waals surface area contributed by atoms with Gasteiger partial charge >= 0.3 is 5.97 Å². The number of nitrogens with two attached hydrogens (primary N) is 1. The Morgan fingerprint density at radius 2 is 2.15 bits per heavy atom. The maximum atomic E-state index is 12.9. The van der Waals surface area contributed by atoms with Crippen LogP contribution in [0.2, 0.25) is 0 Å². The van der Waals surface area contributed by atoms with E-state index in [9.17, 15) is 19.8 Å². The lowest BCUT2D eigenvalue weighted by Crippen LogP contribution is -2.70. The normalized spacial score (nSPS) is 25.4. The third-order valence-electron chi connectivity index (χ3n) is 8.75. The molecule has 1 aromatic heterocycles. The zero-order valence-electron chi connectivity index (χ0n) is 26.1. The number of carbonyl (C=O) groups is 2. The van der Waals surface area contributed by atoms with Gasteiger partial charge in [0, 0.05) is 43.6 Å². The van der Waals surface area contributed by atoms with Crippen molar-refractivity contribution in [1.82, 2.24) is 25.5 Å². The highest BCUT2D eigenvalue weighted by Crippen LogP contribution is 2.50. The molecule has 4 aliphatic heterocycles. The van der Waals surface area contributed by atoms with Crippen molar-refractivity contribution in [1.29, 1.82) is 0 Å². The summed E-state index contributed by atoms with van der Waals surface area (Å²) < 4.78 is 25.4. The lowest BCUT2D eigenvalue weighted by atomic mass is 9.88. The molecule has 15 nitrogen and oxygen atoms in total. The molecule has 248 valence electrons. The third-order valence-corrected chi connectivity index (χ3v) is 8.75. The van der Waals surface area contributed by atoms with Crippen LogP contribution in [-0.2, 0) is 27.3 Å². The minimum Gasteiger partial charge on any atom is -0.496 e. The molecule has 4 aliphatic rings. The number of anilines is 1. The van der Waals surface area contributed by atoms with Crippen molar-refractivity contribution in [3.63, 3.8) is 0 Å². The Morgan fingerprint density at radius 1 is 1.33 bits per heavy atom. The number of nitrogens with one attached hydrogen (secondary N) is 3. The molecule has 15 heteroatoms. The number of allylic oxidation sites excluding steroid dienone is 3. The summed E-state index contributed by atoms with van der Waals surface area (Å²) in [5.41, 5.74) is 6.93. The fourth-order valence-electron chi connectivity index (χ4n) is 6.41. The molecule has 0 unspecified atom stereocenters. The number of carbonyl (C=O) groups excluding carboxylic acids is 2. The van der Waals surface area contributed by atoms with Gasteiger partial charge in [0.05, 0.1) is 31.5 Å². The van der Waals surface area contributed by atoms with Crippen LogP contribution in [0.4, 0.5) is 5.95 Å². The van der Waals surface area contributed by atoms with Crippen molar-refractivity contribution in [3.8, 4) is 17.2 Å². The zero-order chi connectivity index (χ0) is 32.6. The second-order valence-corrected chi connectivity index (χ2v) is 11.9. The molecule has 0 saturated carbocycles. The maximum Gasteiger partial charge on any atom is 0.374 e. The number of aliphatic hydroxyl groups is 2. The van der Waals surface area contributed by atoms with Gasteiger partial charge in [-0.15, -0.1) is 0 Å². The second-order valence-electron chi connectivity index (χ2n) is 11.9. The van der Waals surface area contributed by atoms with E-state index in [1.807, 2.05) is 21.7 Å². The van der Waals surface area contributed by atoms with Gasteiger partial charge in [0.1, 0.15) is 41.8 Å². The van der Waals surface area contributed by atoms with E-state index in [0.717, 1.165) is 5.56 Å². The number of rotatable bonds is 11. The van der Waals surface area contributed by atoms with Gasteiger partial charge < -0.3 is 43.9 Å². The molecule has 0 radical (unpaired) electrons. The molecule has 0 bridgehead atoms. The summed E-state index contributed by atoms with van der Waals surface area (Å²) in [6.07, 6.45) is 7.55. The fourth-order valence-corrected chi connectivity index (χ4v) is 6.41. The van der Waals surface area contributed by atoms with Crippen LogP contribution in [0.15, 0.2) is 36.4 Å². The van der Waals surface area contributed by atoms with E-state index in [0.29, 0.717) is 73.2 Å². The van der Waals surface area contributed by atoms with Crippen molar-refractivity contribution >= 4 is 23.4 Å². The van der Waals surface area contributed by atoms with Crippen LogP contribution in [0.5, 0.6) is 17.2 Å². The number of amides is 1. The Kier molecular flexibility index (Phi) is 8.94. The Hall–Kier alpha value is -4.15. The van der Waals surface area contributed by atoms with E-state index in [1.165, 1.54) is 0 Å². The first-order chi connectivity index (χ1) is 22.1. The number of hydrogen-bond acceptors (Lipinski definition) is 13. The summed E-state index contributed by atoms with van der Waals surface area (Å²) in [7, 11) is 1.56. The summed E-state index contributed by atoms with van der Waals surface area (Å²) in [5, 5.41) is 29.5. The van der Waals surface area contributed by atoms with Gasteiger partial charge in [-0.3, -0.25) is 21.2 Å². The first-order valence-electron chi connectivity index (χ1n) is 15.5. The maximum absolute atomic E-state index is 12.9. The molecule has 1 aromatic carbocycles. The highest BCUT2D eigenvalue weighted by molar-refractivity contribution is 5.96. The highest BCUT2D eigenvalue weighted by Gasteiger charge is 2.45. The predicted molar refractivity (Wildman–Crippen MR) is 166 cm³/mol. The average molecular weight is 640 g/mol. The molecule has 46 heavy (non-hydrogen) atoms. The Bertz CT molecular complexity index is 1550. The van der Waals surface area contributed by atoms with Gasteiger partial charge in [0.15, 0.2) is 0 Å². The van der Waals surface area contributed by atoms with Crippen LogP contribution in [-0.4, -0.2) is 88.8 Å². The number of aliphatic hydroxyl groups excluding tert-OH is 1. The largest absolute Gasteiger partial charge is 0.496 e. The van der Waals surface area contributed by atoms with Crippen LogP contribution < -0.4 is 40.8 Å². The van der Waals surface area contributed by atoms with Gasteiger partial charge in [0.2, 0.25) is 17.6 Å². The van der Waals surface area contributed by atoms with Gasteiger partial charge in [-0.05, 0) is 44.8 Å². The minimum atomic E-state index is -1.15. The van der Waals surface area contributed by atoms with Crippen molar-refractivity contribution in [3.05, 3.63) is 47.5 Å². The molecule has 7 N–H and O–H groups in total. The Labute approximate surface area is 266 Å². The molecular formula is C31H41N7O8. The van der Waals surface area contributed by atoms with Crippen LogP contribution in [0, 0.1) is 0 Å². The zero-order valence-corrected chi connectivity index (χ0v) is 26.1. The molecule has 2 aromatic rings. The average Bonchev–Trinajstić information content (AvgIpc) is 3.77. The molecular weight excluding hydrogens is 598 g/mol. The smallest absolute Gasteiger partial charge is 0.374 e. The SMILES string of the molecule is CCOC(=O)C1=C/C(=C\Cn2ccnc2N2CN[C@H]3C(=O)N[C@@H](N)N[C@H]32)c2c(cc3c(c2OC)C[C@@H]([C@@](C)(O)CCCCO)O3)O1. The molecule has 2 fully saturated rings. The predicted octanol–water partition coefficient (Wildman–Crippen LogP) is 0.0553. The molecule has 2 saturated heterocycles. The van der Waals surface area contributed by atoms with Gasteiger partial charge in [-0.2, -0.15) is 0 Å². The molecule has 5 atom stereocenters. The second kappa shape index (κ2) is 12.9. The van der Waals surface area contributed by atoms with Crippen LogP contribution in [0.3, 0.4) is 0 Å². The Balaban J connectivity index is 1.33. The summed E-state index contributed by atoms with van der Waals surface area (Å²) in [6, 6.07) is 1.23. The van der Waals surface area contributed by atoms with Gasteiger partial charge in [0.25, 0.3) is 0 Å². The standard InChI is InChI=1S/C31H41N7O8/c1-4-44-28(41)21-13-17(7-10-37-11-9-33-30(37)38-16-34-24-26(38)35-29(32)36-27(24)40)23-20(45-21)15-19-18(25(23)43-3)14-22(46-19)31(2,42)8-5-6-12-39/h7,9,11,13,15,22,24,26,29,34-35,39,42H,4-6,8,10,12,14,16,32H2,1-3H3,(H,36,40)/b17-7+/t22-,24+,26-,29-,31-/m0/s1. The van der Waals surface area contributed by atoms with Crippen molar-refractivity contribution in [2.45, 2.75) is 76.3 Å². The van der Waals surface area contributed by atoms with E-state index in [-0.39, 0.29) is 24.9 Å². The van der Waals surface area contributed by atoms with Crippen LogP contribution in [0.1, 0.15) is 44.2 Å². The van der Waals surface area contributed by atoms with Crippen molar-refractivity contribution < 1.29 is 38.7 Å². The summed E-state index contributed by atoms with van der Waals surface area (Å²) >= 11 is 0. The Morgan fingerprint density at radius 3 is 2.91 bits per heavy atom. The monoisotopic (exact) mass is 639 g/mol. The fraction of sp³-hybridized carbons (Fsp3) is 0.516. The number of aromatic nitrogens is 2. The topological polar surface area (TPSA) is 195 Å². The number of methoxy groups -OCH3 is 1. The molecule has 0 spiro atoms. The number of benzene rings is 1.